The van der Waals surface area contributed by atoms with Crippen molar-refractivity contribution in [3.8, 4) is 0 Å². The number of amides is 1. The SMILES string of the molecule is Cn1c(=O)n(C)c2cc(/C=N/NC(=O)c3cccc(C(F)(F)F)c3)ccc21. The lowest BCUT2D eigenvalue weighted by atomic mass is 10.1. The number of fused-ring (bicyclic) bond motifs is 1. The molecular weight excluding hydrogens is 361 g/mol. The number of alkyl halides is 3. The van der Waals surface area contributed by atoms with Crippen molar-refractivity contribution in [2.24, 2.45) is 19.2 Å². The Kier molecular flexibility index (Phi) is 4.61. The van der Waals surface area contributed by atoms with Crippen LogP contribution in [0.15, 0.2) is 52.4 Å². The number of rotatable bonds is 3. The summed E-state index contributed by atoms with van der Waals surface area (Å²) in [4.78, 5) is 23.9. The van der Waals surface area contributed by atoms with Gasteiger partial charge >= 0.3 is 11.9 Å². The Bertz CT molecular complexity index is 1110. The topological polar surface area (TPSA) is 68.4 Å². The van der Waals surface area contributed by atoms with Crippen LogP contribution in [-0.2, 0) is 20.3 Å². The van der Waals surface area contributed by atoms with Crippen LogP contribution in [0.1, 0.15) is 21.5 Å². The van der Waals surface area contributed by atoms with Gasteiger partial charge in [-0.2, -0.15) is 18.3 Å². The molecule has 6 nitrogen and oxygen atoms in total. The third kappa shape index (κ3) is 3.62. The number of aryl methyl sites for hydroxylation is 2. The van der Waals surface area contributed by atoms with Crippen LogP contribution in [0.2, 0.25) is 0 Å². The predicted molar refractivity (Wildman–Crippen MR) is 94.7 cm³/mol. The molecule has 0 saturated heterocycles. The highest BCUT2D eigenvalue weighted by molar-refractivity contribution is 5.95. The number of carbonyl (C=O) groups is 1. The average molecular weight is 376 g/mol. The number of hydrogen-bond donors (Lipinski definition) is 1. The molecule has 0 radical (unpaired) electrons. The van der Waals surface area contributed by atoms with Crippen LogP contribution in [0.3, 0.4) is 0 Å². The summed E-state index contributed by atoms with van der Waals surface area (Å²) in [6.07, 6.45) is -3.18. The number of halogens is 3. The Morgan fingerprint density at radius 1 is 1.07 bits per heavy atom. The zero-order valence-corrected chi connectivity index (χ0v) is 14.4. The highest BCUT2D eigenvalue weighted by atomic mass is 19.4. The van der Waals surface area contributed by atoms with Gasteiger partial charge in [-0.25, -0.2) is 10.2 Å². The first-order valence-electron chi connectivity index (χ1n) is 7.84. The second kappa shape index (κ2) is 6.75. The fourth-order valence-corrected chi connectivity index (χ4v) is 2.67. The van der Waals surface area contributed by atoms with Crippen molar-refractivity contribution in [3.63, 3.8) is 0 Å². The van der Waals surface area contributed by atoms with Crippen LogP contribution in [0.5, 0.6) is 0 Å². The molecular formula is C18H15F3N4O2. The van der Waals surface area contributed by atoms with Crippen molar-refractivity contribution in [1.29, 1.82) is 0 Å². The van der Waals surface area contributed by atoms with Crippen molar-refractivity contribution >= 4 is 23.2 Å². The molecule has 0 spiro atoms. The average Bonchev–Trinajstić information content (AvgIpc) is 2.85. The second-order valence-corrected chi connectivity index (χ2v) is 5.93. The zero-order valence-electron chi connectivity index (χ0n) is 14.4. The molecule has 2 aromatic carbocycles. The first kappa shape index (κ1) is 18.4. The molecule has 3 rings (SSSR count). The number of hydrazone groups is 1. The minimum Gasteiger partial charge on any atom is -0.295 e. The largest absolute Gasteiger partial charge is 0.416 e. The van der Waals surface area contributed by atoms with Gasteiger partial charge in [0.15, 0.2) is 0 Å². The number of nitrogens with one attached hydrogen (secondary N) is 1. The molecule has 140 valence electrons. The van der Waals surface area contributed by atoms with Crippen LogP contribution < -0.4 is 11.1 Å². The number of imidazole rings is 1. The molecule has 0 bridgehead atoms. The molecule has 1 amide bonds. The van der Waals surface area contributed by atoms with Gasteiger partial charge in [-0.3, -0.25) is 13.9 Å². The lowest BCUT2D eigenvalue weighted by Crippen LogP contribution is -2.19. The fraction of sp³-hybridized carbons (Fsp3) is 0.167. The molecule has 27 heavy (non-hydrogen) atoms. The van der Waals surface area contributed by atoms with Crippen molar-refractivity contribution < 1.29 is 18.0 Å². The van der Waals surface area contributed by atoms with E-state index in [-0.39, 0.29) is 11.3 Å². The monoisotopic (exact) mass is 376 g/mol. The van der Waals surface area contributed by atoms with Gasteiger partial charge in [0.05, 0.1) is 22.8 Å². The lowest BCUT2D eigenvalue weighted by molar-refractivity contribution is -0.137. The van der Waals surface area contributed by atoms with Crippen LogP contribution in [-0.4, -0.2) is 21.3 Å². The summed E-state index contributed by atoms with van der Waals surface area (Å²) in [7, 11) is 3.30. The Hall–Kier alpha value is -3.36. The highest BCUT2D eigenvalue weighted by Gasteiger charge is 2.30. The predicted octanol–water partition coefficient (Wildman–Crippen LogP) is 2.66. The Morgan fingerprint density at radius 2 is 1.78 bits per heavy atom. The van der Waals surface area contributed by atoms with Gasteiger partial charge < -0.3 is 0 Å². The smallest absolute Gasteiger partial charge is 0.295 e. The number of aromatic nitrogens is 2. The van der Waals surface area contributed by atoms with Crippen molar-refractivity contribution in [2.45, 2.75) is 6.18 Å². The van der Waals surface area contributed by atoms with Gasteiger partial charge in [0.25, 0.3) is 5.91 Å². The van der Waals surface area contributed by atoms with E-state index >= 15 is 0 Å². The number of hydrogen-bond acceptors (Lipinski definition) is 3. The summed E-state index contributed by atoms with van der Waals surface area (Å²) < 4.78 is 41.1. The maximum absolute atomic E-state index is 12.7. The summed E-state index contributed by atoms with van der Waals surface area (Å²) >= 11 is 0. The summed E-state index contributed by atoms with van der Waals surface area (Å²) in [6, 6.07) is 9.25. The van der Waals surface area contributed by atoms with Crippen LogP contribution in [0.25, 0.3) is 11.0 Å². The summed E-state index contributed by atoms with van der Waals surface area (Å²) in [6.45, 7) is 0. The van der Waals surface area contributed by atoms with Crippen LogP contribution in [0.4, 0.5) is 13.2 Å². The summed E-state index contributed by atoms with van der Waals surface area (Å²) in [5.41, 5.74) is 3.02. The number of nitrogens with zero attached hydrogens (tertiary/aromatic N) is 3. The maximum Gasteiger partial charge on any atom is 0.416 e. The minimum absolute atomic E-state index is 0.150. The quantitative estimate of drug-likeness (QED) is 0.564. The molecule has 1 heterocycles. The summed E-state index contributed by atoms with van der Waals surface area (Å²) in [5.74, 6) is -0.759. The van der Waals surface area contributed by atoms with E-state index in [0.717, 1.165) is 23.7 Å². The fourth-order valence-electron chi connectivity index (χ4n) is 2.67. The van der Waals surface area contributed by atoms with E-state index < -0.39 is 17.6 Å². The molecule has 0 saturated carbocycles. The van der Waals surface area contributed by atoms with E-state index in [1.54, 1.807) is 32.3 Å². The number of carbonyl (C=O) groups excluding carboxylic acids is 1. The van der Waals surface area contributed by atoms with Crippen molar-refractivity contribution in [3.05, 3.63) is 69.6 Å². The van der Waals surface area contributed by atoms with E-state index in [0.29, 0.717) is 11.1 Å². The van der Waals surface area contributed by atoms with Gasteiger partial charge in [0.2, 0.25) is 0 Å². The molecule has 9 heteroatoms. The molecule has 3 aromatic rings. The first-order chi connectivity index (χ1) is 12.7. The molecule has 1 N–H and O–H groups in total. The van der Waals surface area contributed by atoms with Gasteiger partial charge in [-0.1, -0.05) is 12.1 Å². The maximum atomic E-state index is 12.7. The Labute approximate surface area is 151 Å². The van der Waals surface area contributed by atoms with Crippen molar-refractivity contribution in [1.82, 2.24) is 14.6 Å². The molecule has 0 aliphatic carbocycles. The van der Waals surface area contributed by atoms with E-state index in [1.807, 2.05) is 0 Å². The molecule has 0 fully saturated rings. The Balaban J connectivity index is 1.78. The van der Waals surface area contributed by atoms with E-state index in [1.165, 1.54) is 21.4 Å². The van der Waals surface area contributed by atoms with Gasteiger partial charge in [0.1, 0.15) is 0 Å². The van der Waals surface area contributed by atoms with Gasteiger partial charge in [0, 0.05) is 19.7 Å². The van der Waals surface area contributed by atoms with Gasteiger partial charge in [-0.15, -0.1) is 0 Å². The molecule has 0 aliphatic heterocycles. The third-order valence-electron chi connectivity index (χ3n) is 4.13. The van der Waals surface area contributed by atoms with E-state index in [2.05, 4.69) is 10.5 Å². The molecule has 0 aliphatic rings. The van der Waals surface area contributed by atoms with Crippen LogP contribution >= 0.6 is 0 Å². The molecule has 0 atom stereocenters. The normalized spacial score (nSPS) is 12.0. The van der Waals surface area contributed by atoms with E-state index in [4.69, 9.17) is 0 Å². The third-order valence-corrected chi connectivity index (χ3v) is 4.13. The van der Waals surface area contributed by atoms with E-state index in [9.17, 15) is 22.8 Å². The highest BCUT2D eigenvalue weighted by Crippen LogP contribution is 2.29. The number of benzene rings is 2. The van der Waals surface area contributed by atoms with Crippen molar-refractivity contribution in [2.75, 3.05) is 0 Å². The standard InChI is InChI=1S/C18H15F3N4O2/c1-24-14-7-6-11(8-15(14)25(2)17(24)27)10-22-23-16(26)12-4-3-5-13(9-12)18(19,20)21/h3-10H,1-2H3,(H,23,26)/b22-10+. The summed E-state index contributed by atoms with van der Waals surface area (Å²) in [5, 5.41) is 3.78. The molecule has 0 unspecified atom stereocenters. The lowest BCUT2D eigenvalue weighted by Gasteiger charge is -2.07. The van der Waals surface area contributed by atoms with Crippen LogP contribution in [0, 0.1) is 0 Å². The Morgan fingerprint density at radius 3 is 2.48 bits per heavy atom. The molecule has 1 aromatic heterocycles. The zero-order chi connectivity index (χ0) is 19.8. The van der Waals surface area contributed by atoms with Gasteiger partial charge in [-0.05, 0) is 35.9 Å². The minimum atomic E-state index is -4.53. The second-order valence-electron chi connectivity index (χ2n) is 5.93. The first-order valence-corrected chi connectivity index (χ1v) is 7.84.